The van der Waals surface area contributed by atoms with E-state index in [2.05, 4.69) is 22.5 Å². The molecule has 0 aliphatic heterocycles. The van der Waals surface area contributed by atoms with Gasteiger partial charge in [0.2, 0.25) is 0 Å². The summed E-state index contributed by atoms with van der Waals surface area (Å²) < 4.78 is 14.2. The van der Waals surface area contributed by atoms with Crippen LogP contribution in [0.5, 0.6) is 0 Å². The minimum absolute atomic E-state index is 0.0492. The van der Waals surface area contributed by atoms with Gasteiger partial charge < -0.3 is 10.6 Å². The van der Waals surface area contributed by atoms with Crippen LogP contribution in [0.25, 0.3) is 0 Å². The summed E-state index contributed by atoms with van der Waals surface area (Å²) in [6.07, 6.45) is 5.05. The summed E-state index contributed by atoms with van der Waals surface area (Å²) in [6.45, 7) is 6.69. The lowest BCUT2D eigenvalue weighted by atomic mass is 10.1. The van der Waals surface area contributed by atoms with Crippen molar-refractivity contribution in [3.63, 3.8) is 0 Å². The van der Waals surface area contributed by atoms with Gasteiger partial charge in [0.25, 0.3) is 5.91 Å². The minimum atomic E-state index is -0.579. The molecule has 0 spiro atoms. The SMILES string of the molecule is CCCNc1nccc(C(=O)NC(CC)CCC)c1F. The number of hydrogen-bond donors (Lipinski definition) is 2. The highest BCUT2D eigenvalue weighted by atomic mass is 19.1. The third-order valence-electron chi connectivity index (χ3n) is 3.14. The molecular weight excluding hydrogens is 257 g/mol. The normalized spacial score (nSPS) is 12.0. The molecule has 0 aliphatic rings. The number of hydrogen-bond acceptors (Lipinski definition) is 3. The fourth-order valence-electron chi connectivity index (χ4n) is 1.98. The topological polar surface area (TPSA) is 54.0 Å². The largest absolute Gasteiger partial charge is 0.368 e. The predicted octanol–water partition coefficient (Wildman–Crippen LogP) is 3.35. The summed E-state index contributed by atoms with van der Waals surface area (Å²) in [6, 6.07) is 1.51. The van der Waals surface area contributed by atoms with Crippen LogP contribution in [-0.2, 0) is 0 Å². The van der Waals surface area contributed by atoms with Gasteiger partial charge >= 0.3 is 0 Å². The smallest absolute Gasteiger partial charge is 0.254 e. The zero-order valence-corrected chi connectivity index (χ0v) is 12.5. The number of anilines is 1. The van der Waals surface area contributed by atoms with E-state index in [1.807, 2.05) is 13.8 Å². The van der Waals surface area contributed by atoms with Gasteiger partial charge in [0.15, 0.2) is 11.6 Å². The lowest BCUT2D eigenvalue weighted by molar-refractivity contribution is 0.0929. The van der Waals surface area contributed by atoms with Crippen molar-refractivity contribution in [1.29, 1.82) is 0 Å². The number of pyridine rings is 1. The van der Waals surface area contributed by atoms with Gasteiger partial charge in [0, 0.05) is 18.8 Å². The molecule has 2 N–H and O–H groups in total. The third-order valence-corrected chi connectivity index (χ3v) is 3.14. The first-order valence-electron chi connectivity index (χ1n) is 7.33. The van der Waals surface area contributed by atoms with Crippen LogP contribution in [-0.4, -0.2) is 23.5 Å². The van der Waals surface area contributed by atoms with E-state index in [0.717, 1.165) is 25.7 Å². The number of halogens is 1. The molecule has 1 aromatic heterocycles. The number of carbonyl (C=O) groups is 1. The van der Waals surface area contributed by atoms with Gasteiger partial charge in [-0.3, -0.25) is 4.79 Å². The van der Waals surface area contributed by atoms with Gasteiger partial charge in [-0.2, -0.15) is 0 Å². The Labute approximate surface area is 120 Å². The molecule has 0 aromatic carbocycles. The van der Waals surface area contributed by atoms with Crippen molar-refractivity contribution in [3.05, 3.63) is 23.6 Å². The molecule has 112 valence electrons. The summed E-state index contributed by atoms with van der Waals surface area (Å²) in [4.78, 5) is 16.1. The third kappa shape index (κ3) is 4.47. The molecule has 1 unspecified atom stereocenters. The molecule has 20 heavy (non-hydrogen) atoms. The van der Waals surface area contributed by atoms with Crippen molar-refractivity contribution in [3.8, 4) is 0 Å². The first-order chi connectivity index (χ1) is 9.63. The maximum atomic E-state index is 14.2. The van der Waals surface area contributed by atoms with E-state index in [9.17, 15) is 9.18 Å². The van der Waals surface area contributed by atoms with Crippen LogP contribution in [0.3, 0.4) is 0 Å². The first kappa shape index (κ1) is 16.4. The highest BCUT2D eigenvalue weighted by molar-refractivity contribution is 5.95. The molecular formula is C15H24FN3O. The van der Waals surface area contributed by atoms with Crippen molar-refractivity contribution >= 4 is 11.7 Å². The zero-order valence-electron chi connectivity index (χ0n) is 12.5. The molecule has 1 aromatic rings. The maximum Gasteiger partial charge on any atom is 0.254 e. The number of nitrogens with one attached hydrogen (secondary N) is 2. The van der Waals surface area contributed by atoms with Crippen molar-refractivity contribution in [1.82, 2.24) is 10.3 Å². The average molecular weight is 281 g/mol. The second-order valence-electron chi connectivity index (χ2n) is 4.82. The van der Waals surface area contributed by atoms with Crippen molar-refractivity contribution in [2.75, 3.05) is 11.9 Å². The molecule has 4 nitrogen and oxygen atoms in total. The van der Waals surface area contributed by atoms with Crippen molar-refractivity contribution in [2.45, 2.75) is 52.5 Å². The Balaban J connectivity index is 2.82. The fourth-order valence-corrected chi connectivity index (χ4v) is 1.98. The summed E-state index contributed by atoms with van der Waals surface area (Å²) in [5.41, 5.74) is 0.0492. The Hall–Kier alpha value is -1.65. The number of rotatable bonds is 8. The fraction of sp³-hybridized carbons (Fsp3) is 0.600. The highest BCUT2D eigenvalue weighted by Gasteiger charge is 2.18. The monoisotopic (exact) mass is 281 g/mol. The molecule has 1 atom stereocenters. The standard InChI is InChI=1S/C15H24FN3O/c1-4-7-11(6-3)19-15(20)12-8-10-18-14(13(12)16)17-9-5-2/h8,10-11H,4-7,9H2,1-3H3,(H,17,18)(H,19,20). The molecule has 0 bridgehead atoms. The summed E-state index contributed by atoms with van der Waals surface area (Å²) in [5, 5.41) is 5.76. The van der Waals surface area contributed by atoms with E-state index >= 15 is 0 Å². The zero-order chi connectivity index (χ0) is 15.0. The summed E-state index contributed by atoms with van der Waals surface area (Å²) in [5.74, 6) is -0.808. The Kier molecular flexibility index (Phi) is 6.98. The van der Waals surface area contributed by atoms with E-state index in [1.54, 1.807) is 0 Å². The number of nitrogens with zero attached hydrogens (tertiary/aromatic N) is 1. The van der Waals surface area contributed by atoms with E-state index < -0.39 is 5.82 Å². The Morgan fingerprint density at radius 2 is 2.10 bits per heavy atom. The van der Waals surface area contributed by atoms with Gasteiger partial charge in [-0.05, 0) is 25.3 Å². The van der Waals surface area contributed by atoms with Gasteiger partial charge in [0.1, 0.15) is 0 Å². The van der Waals surface area contributed by atoms with E-state index in [-0.39, 0.29) is 23.3 Å². The number of aromatic nitrogens is 1. The molecule has 0 saturated heterocycles. The summed E-state index contributed by atoms with van der Waals surface area (Å²) in [7, 11) is 0. The lowest BCUT2D eigenvalue weighted by Gasteiger charge is -2.16. The number of carbonyl (C=O) groups excluding carboxylic acids is 1. The maximum absolute atomic E-state index is 14.2. The van der Waals surface area contributed by atoms with E-state index in [1.165, 1.54) is 12.3 Å². The molecule has 0 aliphatic carbocycles. The van der Waals surface area contributed by atoms with Crippen LogP contribution in [0.15, 0.2) is 12.3 Å². The average Bonchev–Trinajstić information content (AvgIpc) is 2.45. The van der Waals surface area contributed by atoms with Crippen LogP contribution >= 0.6 is 0 Å². The lowest BCUT2D eigenvalue weighted by Crippen LogP contribution is -2.34. The quantitative estimate of drug-likeness (QED) is 0.768. The molecule has 1 heterocycles. The van der Waals surface area contributed by atoms with Gasteiger partial charge in [-0.1, -0.05) is 27.2 Å². The first-order valence-corrected chi connectivity index (χ1v) is 7.33. The van der Waals surface area contributed by atoms with Crippen LogP contribution < -0.4 is 10.6 Å². The van der Waals surface area contributed by atoms with Crippen molar-refractivity contribution in [2.24, 2.45) is 0 Å². The van der Waals surface area contributed by atoms with E-state index in [0.29, 0.717) is 6.54 Å². The second kappa shape index (κ2) is 8.51. The van der Waals surface area contributed by atoms with Crippen LogP contribution in [0.2, 0.25) is 0 Å². The highest BCUT2D eigenvalue weighted by Crippen LogP contribution is 2.15. The predicted molar refractivity (Wildman–Crippen MR) is 79.4 cm³/mol. The van der Waals surface area contributed by atoms with E-state index in [4.69, 9.17) is 0 Å². The van der Waals surface area contributed by atoms with Crippen LogP contribution in [0, 0.1) is 5.82 Å². The summed E-state index contributed by atoms with van der Waals surface area (Å²) >= 11 is 0. The Morgan fingerprint density at radius 3 is 2.70 bits per heavy atom. The molecule has 0 radical (unpaired) electrons. The van der Waals surface area contributed by atoms with Gasteiger partial charge in [-0.15, -0.1) is 0 Å². The number of amides is 1. The minimum Gasteiger partial charge on any atom is -0.368 e. The molecule has 0 fully saturated rings. The molecule has 5 heteroatoms. The Bertz CT molecular complexity index is 437. The molecule has 1 rings (SSSR count). The van der Waals surface area contributed by atoms with Gasteiger partial charge in [-0.25, -0.2) is 9.37 Å². The van der Waals surface area contributed by atoms with Crippen LogP contribution in [0.4, 0.5) is 10.2 Å². The van der Waals surface area contributed by atoms with Crippen LogP contribution in [0.1, 0.15) is 56.8 Å². The van der Waals surface area contributed by atoms with Crippen molar-refractivity contribution < 1.29 is 9.18 Å². The second-order valence-corrected chi connectivity index (χ2v) is 4.82. The van der Waals surface area contributed by atoms with Gasteiger partial charge in [0.05, 0.1) is 5.56 Å². The Morgan fingerprint density at radius 1 is 1.35 bits per heavy atom. The molecule has 0 saturated carbocycles. The molecule has 1 amide bonds.